The summed E-state index contributed by atoms with van der Waals surface area (Å²) in [5.74, 6) is 0. The molecular formula is C13H18N4O3S. The molecule has 0 aliphatic heterocycles. The Kier molecular flexibility index (Phi) is 4.29. The Morgan fingerprint density at radius 1 is 1.33 bits per heavy atom. The smallest absolute Gasteiger partial charge is 0.265 e. The van der Waals surface area contributed by atoms with Gasteiger partial charge < -0.3 is 5.11 Å². The molecule has 0 saturated heterocycles. The van der Waals surface area contributed by atoms with Crippen molar-refractivity contribution in [2.45, 2.75) is 32.2 Å². The first-order valence-corrected chi connectivity index (χ1v) is 7.93. The number of hydrogen-bond acceptors (Lipinski definition) is 5. The number of aryl methyl sites for hydroxylation is 2. The number of pyridine rings is 1. The van der Waals surface area contributed by atoms with Gasteiger partial charge in [0.25, 0.3) is 10.0 Å². The van der Waals surface area contributed by atoms with E-state index in [1.807, 2.05) is 0 Å². The topological polar surface area (TPSA) is 97.1 Å². The quantitative estimate of drug-likeness (QED) is 0.858. The van der Waals surface area contributed by atoms with E-state index in [9.17, 15) is 8.42 Å². The van der Waals surface area contributed by atoms with Crippen molar-refractivity contribution in [1.29, 1.82) is 0 Å². The van der Waals surface area contributed by atoms with Crippen molar-refractivity contribution >= 4 is 15.7 Å². The zero-order chi connectivity index (χ0) is 15.6. The Balaban J connectivity index is 2.43. The van der Waals surface area contributed by atoms with Crippen LogP contribution in [0.3, 0.4) is 0 Å². The molecule has 8 heteroatoms. The number of aromatic nitrogens is 3. The van der Waals surface area contributed by atoms with Gasteiger partial charge in [-0.3, -0.25) is 14.4 Å². The molecule has 0 spiro atoms. The van der Waals surface area contributed by atoms with Crippen LogP contribution in [0.15, 0.2) is 23.4 Å². The van der Waals surface area contributed by atoms with E-state index in [-0.39, 0.29) is 18.0 Å². The highest BCUT2D eigenvalue weighted by Gasteiger charge is 2.25. The lowest BCUT2D eigenvalue weighted by Gasteiger charge is -2.10. The van der Waals surface area contributed by atoms with Crippen molar-refractivity contribution in [3.63, 3.8) is 0 Å². The Morgan fingerprint density at radius 2 is 2.05 bits per heavy atom. The fraction of sp³-hybridized carbons (Fsp3) is 0.385. The van der Waals surface area contributed by atoms with Crippen LogP contribution in [0.5, 0.6) is 0 Å². The molecule has 7 nitrogen and oxygen atoms in total. The number of nitrogens with zero attached hydrogens (tertiary/aromatic N) is 3. The third-order valence-electron chi connectivity index (χ3n) is 3.18. The van der Waals surface area contributed by atoms with Crippen LogP contribution >= 0.6 is 0 Å². The van der Waals surface area contributed by atoms with Crippen LogP contribution in [0.2, 0.25) is 0 Å². The number of rotatable bonds is 5. The lowest BCUT2D eigenvalue weighted by atomic mass is 10.3. The van der Waals surface area contributed by atoms with Crippen LogP contribution < -0.4 is 4.72 Å². The third kappa shape index (κ3) is 3.06. The first-order valence-electron chi connectivity index (χ1n) is 6.45. The second-order valence-electron chi connectivity index (χ2n) is 4.74. The molecule has 114 valence electrons. The second kappa shape index (κ2) is 5.82. The van der Waals surface area contributed by atoms with E-state index in [2.05, 4.69) is 14.8 Å². The first kappa shape index (κ1) is 15.5. The minimum atomic E-state index is -3.75. The molecule has 21 heavy (non-hydrogen) atoms. The van der Waals surface area contributed by atoms with Gasteiger partial charge >= 0.3 is 0 Å². The Labute approximate surface area is 123 Å². The van der Waals surface area contributed by atoms with E-state index in [1.165, 1.54) is 10.9 Å². The first-order chi connectivity index (χ1) is 9.86. The third-order valence-corrected chi connectivity index (χ3v) is 4.80. The number of nitrogens with one attached hydrogen (secondary N) is 1. The van der Waals surface area contributed by atoms with E-state index >= 15 is 0 Å². The molecule has 2 aromatic heterocycles. The summed E-state index contributed by atoms with van der Waals surface area (Å²) in [5.41, 5.74) is 2.11. The van der Waals surface area contributed by atoms with Gasteiger partial charge in [-0.1, -0.05) is 0 Å². The molecule has 0 saturated carbocycles. The lowest BCUT2D eigenvalue weighted by molar-refractivity contribution is 0.267. The average Bonchev–Trinajstić information content (AvgIpc) is 2.68. The summed E-state index contributed by atoms with van der Waals surface area (Å²) in [4.78, 5) is 4.06. The Morgan fingerprint density at radius 3 is 2.67 bits per heavy atom. The van der Waals surface area contributed by atoms with Crippen molar-refractivity contribution in [2.75, 3.05) is 11.3 Å². The average molecular weight is 310 g/mol. The van der Waals surface area contributed by atoms with Crippen LogP contribution in [0, 0.1) is 20.8 Å². The Hall–Kier alpha value is -1.93. The molecule has 0 aromatic carbocycles. The normalized spacial score (nSPS) is 11.6. The summed E-state index contributed by atoms with van der Waals surface area (Å²) in [6, 6.07) is 1.73. The highest BCUT2D eigenvalue weighted by molar-refractivity contribution is 7.92. The van der Waals surface area contributed by atoms with Gasteiger partial charge in [0.1, 0.15) is 4.90 Å². The van der Waals surface area contributed by atoms with Crippen LogP contribution in [0.1, 0.15) is 17.0 Å². The standard InChI is InChI=1S/C13H18N4O3S/c1-9-4-5-14-8-12(9)16-21(19,20)13-10(2)15-17(6-7-18)11(13)3/h4-5,8,16,18H,6-7H2,1-3H3. The molecule has 0 amide bonds. The minimum Gasteiger partial charge on any atom is -0.394 e. The molecule has 2 N–H and O–H groups in total. The maximum atomic E-state index is 12.6. The van der Waals surface area contributed by atoms with Crippen molar-refractivity contribution in [3.8, 4) is 0 Å². The van der Waals surface area contributed by atoms with Crippen molar-refractivity contribution in [3.05, 3.63) is 35.4 Å². The summed E-state index contributed by atoms with van der Waals surface area (Å²) in [6.45, 7) is 5.25. The maximum absolute atomic E-state index is 12.6. The minimum absolute atomic E-state index is 0.101. The molecule has 0 fully saturated rings. The predicted molar refractivity (Wildman–Crippen MR) is 78.6 cm³/mol. The maximum Gasteiger partial charge on any atom is 0.265 e. The van der Waals surface area contributed by atoms with Crippen LogP contribution in [0.4, 0.5) is 5.69 Å². The monoisotopic (exact) mass is 310 g/mol. The van der Waals surface area contributed by atoms with Gasteiger partial charge in [0, 0.05) is 6.20 Å². The SMILES string of the molecule is Cc1ccncc1NS(=O)(=O)c1c(C)nn(CCO)c1C. The molecule has 0 unspecified atom stereocenters. The fourth-order valence-electron chi connectivity index (χ4n) is 2.15. The van der Waals surface area contributed by atoms with Gasteiger partial charge in [-0.2, -0.15) is 5.10 Å². The van der Waals surface area contributed by atoms with Crippen LogP contribution in [0.25, 0.3) is 0 Å². The molecule has 2 aromatic rings. The van der Waals surface area contributed by atoms with Crippen LogP contribution in [-0.4, -0.2) is 34.9 Å². The number of anilines is 1. The van der Waals surface area contributed by atoms with Gasteiger partial charge in [-0.05, 0) is 32.4 Å². The van der Waals surface area contributed by atoms with E-state index in [1.54, 1.807) is 33.0 Å². The molecule has 0 atom stereocenters. The largest absolute Gasteiger partial charge is 0.394 e. The summed E-state index contributed by atoms with van der Waals surface area (Å²) < 4.78 is 29.1. The molecular weight excluding hydrogens is 292 g/mol. The molecule has 0 aliphatic carbocycles. The zero-order valence-corrected chi connectivity index (χ0v) is 13.0. The van der Waals surface area contributed by atoms with Crippen molar-refractivity contribution < 1.29 is 13.5 Å². The molecule has 0 bridgehead atoms. The van der Waals surface area contributed by atoms with Gasteiger partial charge in [0.2, 0.25) is 0 Å². The second-order valence-corrected chi connectivity index (χ2v) is 6.36. The van der Waals surface area contributed by atoms with E-state index in [0.717, 1.165) is 5.56 Å². The van der Waals surface area contributed by atoms with Crippen molar-refractivity contribution in [1.82, 2.24) is 14.8 Å². The highest BCUT2D eigenvalue weighted by atomic mass is 32.2. The van der Waals surface area contributed by atoms with Gasteiger partial charge in [0.15, 0.2) is 0 Å². The van der Waals surface area contributed by atoms with E-state index in [0.29, 0.717) is 17.1 Å². The van der Waals surface area contributed by atoms with Gasteiger partial charge in [-0.25, -0.2) is 8.42 Å². The summed E-state index contributed by atoms with van der Waals surface area (Å²) in [5, 5.41) is 13.1. The highest BCUT2D eigenvalue weighted by Crippen LogP contribution is 2.23. The zero-order valence-electron chi connectivity index (χ0n) is 12.2. The van der Waals surface area contributed by atoms with E-state index < -0.39 is 10.0 Å². The summed E-state index contributed by atoms with van der Waals surface area (Å²) in [7, 11) is -3.75. The van der Waals surface area contributed by atoms with Gasteiger partial charge in [0.05, 0.1) is 36.4 Å². The summed E-state index contributed by atoms with van der Waals surface area (Å²) >= 11 is 0. The fourth-order valence-corrected chi connectivity index (χ4v) is 3.68. The molecule has 2 rings (SSSR count). The number of aliphatic hydroxyl groups is 1. The Bertz CT molecular complexity index is 753. The molecule has 0 radical (unpaired) electrons. The number of aliphatic hydroxyl groups excluding tert-OH is 1. The van der Waals surface area contributed by atoms with Crippen molar-refractivity contribution in [2.24, 2.45) is 0 Å². The van der Waals surface area contributed by atoms with Crippen LogP contribution in [-0.2, 0) is 16.6 Å². The number of sulfonamides is 1. The predicted octanol–water partition coefficient (Wildman–Crippen LogP) is 0.996. The van der Waals surface area contributed by atoms with E-state index in [4.69, 9.17) is 5.11 Å². The lowest BCUT2D eigenvalue weighted by Crippen LogP contribution is -2.16. The molecule has 2 heterocycles. The van der Waals surface area contributed by atoms with Gasteiger partial charge in [-0.15, -0.1) is 0 Å². The summed E-state index contributed by atoms with van der Waals surface area (Å²) in [6.07, 6.45) is 3.07. The number of hydrogen-bond donors (Lipinski definition) is 2. The molecule has 0 aliphatic rings.